The van der Waals surface area contributed by atoms with E-state index in [2.05, 4.69) is 5.32 Å². The number of anilines is 1. The first-order valence-corrected chi connectivity index (χ1v) is 8.22. The van der Waals surface area contributed by atoms with Crippen molar-refractivity contribution in [1.82, 2.24) is 4.90 Å². The first-order valence-electron chi connectivity index (χ1n) is 8.22. The van der Waals surface area contributed by atoms with Crippen LogP contribution in [0.1, 0.15) is 19.4 Å². The summed E-state index contributed by atoms with van der Waals surface area (Å²) in [7, 11) is 1.53. The normalized spacial score (nSPS) is 14.4. The molecule has 0 bridgehead atoms. The third kappa shape index (κ3) is 3.06. The van der Waals surface area contributed by atoms with Crippen molar-refractivity contribution in [2.75, 3.05) is 12.4 Å². The van der Waals surface area contributed by atoms with Crippen molar-refractivity contribution in [3.63, 3.8) is 0 Å². The van der Waals surface area contributed by atoms with Gasteiger partial charge in [0.15, 0.2) is 0 Å². The maximum atomic E-state index is 13.3. The molecule has 3 rings (SSSR count). The Kier molecular flexibility index (Phi) is 4.75. The van der Waals surface area contributed by atoms with Crippen LogP contribution < -0.4 is 10.1 Å². The second kappa shape index (κ2) is 7.00. The molecule has 0 unspecified atom stereocenters. The molecule has 1 aliphatic rings. The Balaban J connectivity index is 2.12. The van der Waals surface area contributed by atoms with Gasteiger partial charge >= 0.3 is 0 Å². The fourth-order valence-electron chi connectivity index (χ4n) is 2.90. The average molecular weight is 354 g/mol. The molecule has 134 valence electrons. The third-order valence-corrected chi connectivity index (χ3v) is 4.13. The van der Waals surface area contributed by atoms with Crippen LogP contribution in [0.25, 0.3) is 5.57 Å². The molecule has 2 aromatic carbocycles. The molecule has 0 fully saturated rings. The first kappa shape index (κ1) is 17.7. The van der Waals surface area contributed by atoms with E-state index in [1.54, 1.807) is 38.1 Å². The summed E-state index contributed by atoms with van der Waals surface area (Å²) in [5.41, 5.74) is 1.41. The number of benzene rings is 2. The molecule has 26 heavy (non-hydrogen) atoms. The molecule has 0 atom stereocenters. The van der Waals surface area contributed by atoms with Gasteiger partial charge in [-0.1, -0.05) is 24.3 Å². The van der Waals surface area contributed by atoms with E-state index in [0.29, 0.717) is 17.0 Å². The van der Waals surface area contributed by atoms with Gasteiger partial charge in [-0.25, -0.2) is 4.39 Å². The van der Waals surface area contributed by atoms with Gasteiger partial charge in [0.1, 0.15) is 17.3 Å². The van der Waals surface area contributed by atoms with Crippen molar-refractivity contribution in [2.24, 2.45) is 0 Å². The van der Waals surface area contributed by atoms with Crippen molar-refractivity contribution >= 4 is 23.1 Å². The maximum absolute atomic E-state index is 13.3. The molecule has 1 aliphatic heterocycles. The van der Waals surface area contributed by atoms with Gasteiger partial charge in [0.2, 0.25) is 0 Å². The molecule has 1 N–H and O–H groups in total. The summed E-state index contributed by atoms with van der Waals surface area (Å²) in [5.74, 6) is -0.697. The number of nitrogens with one attached hydrogen (secondary N) is 1. The smallest absolute Gasteiger partial charge is 0.278 e. The third-order valence-electron chi connectivity index (χ3n) is 4.13. The number of amides is 2. The van der Waals surface area contributed by atoms with Crippen LogP contribution in [-0.4, -0.2) is 29.9 Å². The number of nitrogens with zero attached hydrogens (tertiary/aromatic N) is 1. The first-order chi connectivity index (χ1) is 12.4. The van der Waals surface area contributed by atoms with Crippen LogP contribution in [0.4, 0.5) is 10.1 Å². The van der Waals surface area contributed by atoms with Crippen molar-refractivity contribution in [2.45, 2.75) is 19.9 Å². The summed E-state index contributed by atoms with van der Waals surface area (Å²) in [5, 5.41) is 3.04. The van der Waals surface area contributed by atoms with Gasteiger partial charge in [-0.05, 0) is 43.7 Å². The maximum Gasteiger partial charge on any atom is 0.278 e. The van der Waals surface area contributed by atoms with Crippen LogP contribution in [0.15, 0.2) is 54.2 Å². The summed E-state index contributed by atoms with van der Waals surface area (Å²) < 4.78 is 18.6. The second-order valence-corrected chi connectivity index (χ2v) is 6.16. The minimum atomic E-state index is -0.421. The van der Waals surface area contributed by atoms with E-state index in [1.807, 2.05) is 0 Å². The van der Waals surface area contributed by atoms with Crippen molar-refractivity contribution < 1.29 is 18.7 Å². The Hall–Kier alpha value is -3.15. The molecule has 0 aromatic heterocycles. The highest BCUT2D eigenvalue weighted by Gasteiger charge is 2.40. The minimum absolute atomic E-state index is 0.153. The molecule has 1 heterocycles. The summed E-state index contributed by atoms with van der Waals surface area (Å²) in [6, 6.07) is 12.3. The van der Waals surface area contributed by atoms with E-state index in [9.17, 15) is 14.0 Å². The number of methoxy groups -OCH3 is 1. The standard InChI is InChI=1S/C20H19FN2O3/c1-12(2)23-19(24)17(13-8-10-14(21)11-9-13)18(20(23)25)22-15-6-4-5-7-16(15)26-3/h4-12,22H,1-3H3. The largest absolute Gasteiger partial charge is 0.495 e. The van der Waals surface area contributed by atoms with Gasteiger partial charge in [0.25, 0.3) is 11.8 Å². The van der Waals surface area contributed by atoms with Gasteiger partial charge in [-0.15, -0.1) is 0 Å². The molecule has 2 amide bonds. The lowest BCUT2D eigenvalue weighted by atomic mass is 10.0. The summed E-state index contributed by atoms with van der Waals surface area (Å²) >= 11 is 0. The zero-order valence-electron chi connectivity index (χ0n) is 14.7. The number of hydrogen-bond acceptors (Lipinski definition) is 4. The number of ether oxygens (including phenoxy) is 1. The van der Waals surface area contributed by atoms with E-state index < -0.39 is 17.6 Å². The molecule has 0 spiro atoms. The highest BCUT2D eigenvalue weighted by molar-refractivity contribution is 6.36. The summed E-state index contributed by atoms with van der Waals surface area (Å²) in [6.45, 7) is 3.54. The number of rotatable bonds is 5. The highest BCUT2D eigenvalue weighted by Crippen LogP contribution is 2.34. The lowest BCUT2D eigenvalue weighted by Gasteiger charge is -2.19. The van der Waals surface area contributed by atoms with Gasteiger partial charge in [-0.2, -0.15) is 0 Å². The molecule has 5 nitrogen and oxygen atoms in total. The van der Waals surface area contributed by atoms with Crippen LogP contribution in [0.2, 0.25) is 0 Å². The van der Waals surface area contributed by atoms with Gasteiger partial charge in [-0.3, -0.25) is 14.5 Å². The van der Waals surface area contributed by atoms with Gasteiger partial charge in [0, 0.05) is 6.04 Å². The Bertz CT molecular complexity index is 888. The number of halogens is 1. The van der Waals surface area contributed by atoms with Crippen molar-refractivity contribution in [3.8, 4) is 5.75 Å². The highest BCUT2D eigenvalue weighted by atomic mass is 19.1. The quantitative estimate of drug-likeness (QED) is 0.836. The van der Waals surface area contributed by atoms with Gasteiger partial charge in [0.05, 0.1) is 18.4 Å². The molecule has 0 saturated heterocycles. The fourth-order valence-corrected chi connectivity index (χ4v) is 2.90. The molecule has 0 saturated carbocycles. The zero-order valence-corrected chi connectivity index (χ0v) is 14.7. The number of hydrogen-bond donors (Lipinski definition) is 1. The molecule has 6 heteroatoms. The Labute approximate surface area is 151 Å². The topological polar surface area (TPSA) is 58.6 Å². The average Bonchev–Trinajstić information content (AvgIpc) is 2.86. The molecular weight excluding hydrogens is 335 g/mol. The number of para-hydroxylation sites is 2. The number of imide groups is 1. The van der Waals surface area contributed by atoms with E-state index in [-0.39, 0.29) is 17.3 Å². The van der Waals surface area contributed by atoms with Crippen LogP contribution in [0.5, 0.6) is 5.75 Å². The predicted molar refractivity (Wildman–Crippen MR) is 96.9 cm³/mol. The number of carbonyl (C=O) groups excluding carboxylic acids is 2. The van der Waals surface area contributed by atoms with Crippen molar-refractivity contribution in [1.29, 1.82) is 0 Å². The SMILES string of the molecule is COc1ccccc1NC1=C(c2ccc(F)cc2)C(=O)N(C(C)C)C1=O. The lowest BCUT2D eigenvalue weighted by molar-refractivity contribution is -0.138. The lowest BCUT2D eigenvalue weighted by Crippen LogP contribution is -2.38. The minimum Gasteiger partial charge on any atom is -0.495 e. The van der Waals surface area contributed by atoms with Crippen LogP contribution in [0, 0.1) is 5.82 Å². The molecule has 2 aromatic rings. The second-order valence-electron chi connectivity index (χ2n) is 6.16. The summed E-state index contributed by atoms with van der Waals surface area (Å²) in [6.07, 6.45) is 0. The molecular formula is C20H19FN2O3. The summed E-state index contributed by atoms with van der Waals surface area (Å²) in [4.78, 5) is 27.0. The Morgan fingerprint density at radius 1 is 1.00 bits per heavy atom. The zero-order chi connectivity index (χ0) is 18.8. The van der Waals surface area contributed by atoms with E-state index in [0.717, 1.165) is 0 Å². The van der Waals surface area contributed by atoms with Crippen molar-refractivity contribution in [3.05, 3.63) is 65.6 Å². The number of carbonyl (C=O) groups is 2. The van der Waals surface area contributed by atoms with Crippen LogP contribution in [-0.2, 0) is 9.59 Å². The van der Waals surface area contributed by atoms with Gasteiger partial charge < -0.3 is 10.1 Å². The van der Waals surface area contributed by atoms with E-state index >= 15 is 0 Å². The predicted octanol–water partition coefficient (Wildman–Crippen LogP) is 3.43. The molecule has 0 aliphatic carbocycles. The Morgan fingerprint density at radius 3 is 2.27 bits per heavy atom. The van der Waals surface area contributed by atoms with Crippen LogP contribution in [0.3, 0.4) is 0 Å². The fraction of sp³-hybridized carbons (Fsp3) is 0.200. The van der Waals surface area contributed by atoms with E-state index in [4.69, 9.17) is 4.74 Å². The Morgan fingerprint density at radius 2 is 1.65 bits per heavy atom. The van der Waals surface area contributed by atoms with Crippen LogP contribution >= 0.6 is 0 Å². The molecule has 0 radical (unpaired) electrons. The van der Waals surface area contributed by atoms with E-state index in [1.165, 1.54) is 36.3 Å². The monoisotopic (exact) mass is 354 g/mol.